The highest BCUT2D eigenvalue weighted by Gasteiger charge is 2.29. The lowest BCUT2D eigenvalue weighted by Gasteiger charge is -2.24. The lowest BCUT2D eigenvalue weighted by atomic mass is 10.0. The molecule has 2 aliphatic heterocycles. The summed E-state index contributed by atoms with van der Waals surface area (Å²) >= 11 is 0. The molecule has 1 aromatic carbocycles. The third-order valence-electron chi connectivity index (χ3n) is 4.84. The van der Waals surface area contributed by atoms with Gasteiger partial charge in [0.15, 0.2) is 11.5 Å². The summed E-state index contributed by atoms with van der Waals surface area (Å²) in [6.45, 7) is 3.99. The summed E-state index contributed by atoms with van der Waals surface area (Å²) in [5.41, 5.74) is 1.10. The van der Waals surface area contributed by atoms with Gasteiger partial charge >= 0.3 is 0 Å². The highest BCUT2D eigenvalue weighted by atomic mass is 16.5. The Morgan fingerprint density at radius 3 is 2.77 bits per heavy atom. The minimum atomic E-state index is 0.00802. The highest BCUT2D eigenvalue weighted by molar-refractivity contribution is 5.92. The fourth-order valence-corrected chi connectivity index (χ4v) is 3.56. The molecule has 0 spiro atoms. The summed E-state index contributed by atoms with van der Waals surface area (Å²) in [6, 6.07) is 9.85. The Balaban J connectivity index is 1.52. The molecule has 2 aliphatic rings. The predicted octanol–water partition coefficient (Wildman–Crippen LogP) is 4.13. The van der Waals surface area contributed by atoms with Crippen LogP contribution in [0.3, 0.4) is 0 Å². The van der Waals surface area contributed by atoms with Crippen LogP contribution in [0, 0.1) is 6.92 Å². The average molecular weight is 353 g/mol. The second kappa shape index (κ2) is 7.28. The number of ether oxygens (including phenoxy) is 2. The van der Waals surface area contributed by atoms with Gasteiger partial charge in [-0.25, -0.2) is 0 Å². The van der Waals surface area contributed by atoms with Gasteiger partial charge in [0.2, 0.25) is 5.91 Å². The van der Waals surface area contributed by atoms with Gasteiger partial charge < -0.3 is 18.8 Å². The number of benzene rings is 1. The first kappa shape index (κ1) is 16.8. The van der Waals surface area contributed by atoms with E-state index in [0.29, 0.717) is 19.0 Å². The molecule has 0 aliphatic carbocycles. The maximum atomic E-state index is 12.7. The normalized spacial score (nSPS) is 19.7. The van der Waals surface area contributed by atoms with E-state index in [1.54, 1.807) is 12.2 Å². The molecule has 136 valence electrons. The maximum Gasteiger partial charge on any atom is 0.247 e. The SMILES string of the molecule is Cc1ccc(/C=C/C(=O)N2CCCC2c2ccc3c(c2)OCCCO3)o1. The molecule has 4 rings (SSSR count). The van der Waals surface area contributed by atoms with Crippen LogP contribution in [-0.4, -0.2) is 30.6 Å². The van der Waals surface area contributed by atoms with E-state index in [-0.39, 0.29) is 11.9 Å². The van der Waals surface area contributed by atoms with Crippen molar-refractivity contribution in [1.82, 2.24) is 4.90 Å². The van der Waals surface area contributed by atoms with E-state index in [0.717, 1.165) is 48.6 Å². The molecule has 1 fully saturated rings. The van der Waals surface area contributed by atoms with Crippen molar-refractivity contribution >= 4 is 12.0 Å². The van der Waals surface area contributed by atoms with Crippen LogP contribution >= 0.6 is 0 Å². The number of furan rings is 1. The minimum absolute atomic E-state index is 0.00802. The molecule has 0 saturated carbocycles. The molecule has 1 amide bonds. The number of hydrogen-bond donors (Lipinski definition) is 0. The lowest BCUT2D eigenvalue weighted by molar-refractivity contribution is -0.126. The number of carbonyl (C=O) groups is 1. The Kier molecular flexibility index (Phi) is 4.69. The summed E-state index contributed by atoms with van der Waals surface area (Å²) in [5.74, 6) is 3.11. The van der Waals surface area contributed by atoms with Crippen molar-refractivity contribution in [3.63, 3.8) is 0 Å². The van der Waals surface area contributed by atoms with Crippen molar-refractivity contribution in [3.05, 3.63) is 53.5 Å². The Morgan fingerprint density at radius 1 is 1.12 bits per heavy atom. The van der Waals surface area contributed by atoms with Crippen molar-refractivity contribution < 1.29 is 18.7 Å². The van der Waals surface area contributed by atoms with E-state index in [1.165, 1.54) is 0 Å². The molecule has 26 heavy (non-hydrogen) atoms. The Hall–Kier alpha value is -2.69. The fraction of sp³-hybridized carbons (Fsp3) is 0.381. The van der Waals surface area contributed by atoms with Crippen LogP contribution in [0.1, 0.15) is 42.4 Å². The van der Waals surface area contributed by atoms with E-state index in [4.69, 9.17) is 13.9 Å². The number of hydrogen-bond acceptors (Lipinski definition) is 4. The first-order valence-electron chi connectivity index (χ1n) is 9.15. The van der Waals surface area contributed by atoms with Crippen LogP contribution in [0.2, 0.25) is 0 Å². The molecule has 0 N–H and O–H groups in total. The van der Waals surface area contributed by atoms with Gasteiger partial charge in [-0.15, -0.1) is 0 Å². The summed E-state index contributed by atoms with van der Waals surface area (Å²) in [4.78, 5) is 14.6. The zero-order valence-corrected chi connectivity index (χ0v) is 14.9. The Bertz CT molecular complexity index is 823. The second-order valence-corrected chi connectivity index (χ2v) is 6.73. The lowest BCUT2D eigenvalue weighted by Crippen LogP contribution is -2.28. The molecule has 1 aromatic heterocycles. The number of nitrogens with zero attached hydrogens (tertiary/aromatic N) is 1. The van der Waals surface area contributed by atoms with Gasteiger partial charge in [-0.3, -0.25) is 4.79 Å². The monoisotopic (exact) mass is 353 g/mol. The first-order chi connectivity index (χ1) is 12.7. The van der Waals surface area contributed by atoms with Crippen molar-refractivity contribution in [2.45, 2.75) is 32.2 Å². The number of likely N-dealkylation sites (tertiary alicyclic amines) is 1. The van der Waals surface area contributed by atoms with Crippen LogP contribution in [0.5, 0.6) is 11.5 Å². The van der Waals surface area contributed by atoms with Crippen LogP contribution < -0.4 is 9.47 Å². The smallest absolute Gasteiger partial charge is 0.247 e. The van der Waals surface area contributed by atoms with Crippen LogP contribution in [-0.2, 0) is 4.79 Å². The summed E-state index contributed by atoms with van der Waals surface area (Å²) < 4.78 is 17.0. The van der Waals surface area contributed by atoms with Crippen LogP contribution in [0.15, 0.2) is 40.8 Å². The molecule has 5 nitrogen and oxygen atoms in total. The third kappa shape index (κ3) is 3.47. The molecule has 1 saturated heterocycles. The van der Waals surface area contributed by atoms with Gasteiger partial charge in [0.25, 0.3) is 0 Å². The second-order valence-electron chi connectivity index (χ2n) is 6.73. The molecule has 5 heteroatoms. The maximum absolute atomic E-state index is 12.7. The Morgan fingerprint density at radius 2 is 1.96 bits per heavy atom. The van der Waals surface area contributed by atoms with Gasteiger partial charge in [0, 0.05) is 19.0 Å². The van der Waals surface area contributed by atoms with Crippen LogP contribution in [0.4, 0.5) is 0 Å². The van der Waals surface area contributed by atoms with E-state index >= 15 is 0 Å². The summed E-state index contributed by atoms with van der Waals surface area (Å²) in [6.07, 6.45) is 6.17. The number of amides is 1. The van der Waals surface area contributed by atoms with Gasteiger partial charge in [-0.1, -0.05) is 6.07 Å². The van der Waals surface area contributed by atoms with Gasteiger partial charge in [0.1, 0.15) is 11.5 Å². The first-order valence-corrected chi connectivity index (χ1v) is 9.15. The van der Waals surface area contributed by atoms with Crippen LogP contribution in [0.25, 0.3) is 6.08 Å². The van der Waals surface area contributed by atoms with Gasteiger partial charge in [0.05, 0.1) is 19.3 Å². The Labute approximate surface area is 153 Å². The zero-order chi connectivity index (χ0) is 17.9. The van der Waals surface area contributed by atoms with Crippen molar-refractivity contribution in [3.8, 4) is 11.5 Å². The zero-order valence-electron chi connectivity index (χ0n) is 14.9. The molecule has 0 bridgehead atoms. The third-order valence-corrected chi connectivity index (χ3v) is 4.84. The van der Waals surface area contributed by atoms with E-state index in [9.17, 15) is 4.79 Å². The molecule has 0 radical (unpaired) electrons. The fourth-order valence-electron chi connectivity index (χ4n) is 3.56. The minimum Gasteiger partial charge on any atom is -0.490 e. The number of fused-ring (bicyclic) bond motifs is 1. The largest absolute Gasteiger partial charge is 0.490 e. The number of carbonyl (C=O) groups excluding carboxylic acids is 1. The summed E-state index contributed by atoms with van der Waals surface area (Å²) in [5, 5.41) is 0. The average Bonchev–Trinajstić information content (AvgIpc) is 3.23. The standard InChI is InChI=1S/C21H23NO4/c1-15-5-7-17(26-15)8-10-21(23)22-11-2-4-18(22)16-6-9-19-20(14-16)25-13-3-12-24-19/h5-10,14,18H,2-4,11-13H2,1H3/b10-8+. The molecule has 2 aromatic rings. The molecule has 1 unspecified atom stereocenters. The summed E-state index contributed by atoms with van der Waals surface area (Å²) in [7, 11) is 0. The molecular weight excluding hydrogens is 330 g/mol. The van der Waals surface area contributed by atoms with Gasteiger partial charge in [-0.2, -0.15) is 0 Å². The van der Waals surface area contributed by atoms with E-state index in [1.807, 2.05) is 42.2 Å². The topological polar surface area (TPSA) is 51.9 Å². The molecule has 3 heterocycles. The number of aryl methyl sites for hydroxylation is 1. The quantitative estimate of drug-likeness (QED) is 0.779. The van der Waals surface area contributed by atoms with Crippen molar-refractivity contribution in [2.75, 3.05) is 19.8 Å². The van der Waals surface area contributed by atoms with Gasteiger partial charge in [-0.05, 0) is 55.7 Å². The van der Waals surface area contributed by atoms with E-state index < -0.39 is 0 Å². The van der Waals surface area contributed by atoms with Crippen molar-refractivity contribution in [1.29, 1.82) is 0 Å². The number of rotatable bonds is 3. The molecular formula is C21H23NO4. The van der Waals surface area contributed by atoms with E-state index in [2.05, 4.69) is 0 Å². The van der Waals surface area contributed by atoms with Crippen molar-refractivity contribution in [2.24, 2.45) is 0 Å². The highest BCUT2D eigenvalue weighted by Crippen LogP contribution is 2.38. The predicted molar refractivity (Wildman–Crippen MR) is 98.2 cm³/mol. The molecule has 1 atom stereocenters.